The highest BCUT2D eigenvalue weighted by Crippen LogP contribution is 2.27. The van der Waals surface area contributed by atoms with Gasteiger partial charge in [-0.25, -0.2) is 0 Å². The van der Waals surface area contributed by atoms with Crippen molar-refractivity contribution in [3.05, 3.63) is 11.3 Å². The number of nitrogens with zero attached hydrogens (tertiary/aromatic N) is 1. The minimum atomic E-state index is -1.41. The molecule has 10 nitrogen and oxygen atoms in total. The van der Waals surface area contributed by atoms with Crippen LogP contribution < -0.4 is 0 Å². The summed E-state index contributed by atoms with van der Waals surface area (Å²) in [6, 6.07) is -0.505. The number of likely N-dealkylation sites (tertiary alicyclic amines) is 1. The molecule has 2 heterocycles. The summed E-state index contributed by atoms with van der Waals surface area (Å²) >= 11 is 0. The van der Waals surface area contributed by atoms with Gasteiger partial charge in [0.2, 0.25) is 0 Å². The van der Waals surface area contributed by atoms with Crippen LogP contribution in [0.4, 0.5) is 0 Å². The number of aliphatic hydroxyl groups excluding tert-OH is 5. The first-order chi connectivity index (χ1) is 18.6. The van der Waals surface area contributed by atoms with Gasteiger partial charge in [0.1, 0.15) is 35.7 Å². The molecule has 1 amide bonds. The third-order valence-corrected chi connectivity index (χ3v) is 8.13. The molecule has 39 heavy (non-hydrogen) atoms. The Labute approximate surface area is 233 Å². The van der Waals surface area contributed by atoms with E-state index in [2.05, 4.69) is 0 Å². The van der Waals surface area contributed by atoms with Gasteiger partial charge >= 0.3 is 0 Å². The van der Waals surface area contributed by atoms with E-state index in [4.69, 9.17) is 9.47 Å². The number of aliphatic hydroxyl groups is 5. The maximum atomic E-state index is 12.3. The molecule has 0 aromatic rings. The molecule has 226 valence electrons. The van der Waals surface area contributed by atoms with E-state index < -0.39 is 43.4 Å². The SMILES string of the molecule is C[C@@H]1C(=O)/C(=C(\O)[C@@H](C)CCCCCCCCCCCCCCO[C@@H]2O[C@H](CO)[C@@H](O)[C@H](O)[C@@H]2O)C(=O)N1C. The van der Waals surface area contributed by atoms with Crippen molar-refractivity contribution < 1.29 is 44.6 Å². The Hall–Kier alpha value is -1.56. The summed E-state index contributed by atoms with van der Waals surface area (Å²) in [7, 11) is 1.59. The van der Waals surface area contributed by atoms with Crippen LogP contribution in [0.3, 0.4) is 0 Å². The topological polar surface area (TPSA) is 157 Å². The molecule has 2 aliphatic rings. The lowest BCUT2D eigenvalue weighted by molar-refractivity contribution is -0.301. The number of rotatable bonds is 18. The predicted octanol–water partition coefficient (Wildman–Crippen LogP) is 2.75. The van der Waals surface area contributed by atoms with Crippen molar-refractivity contribution in [2.45, 2.75) is 134 Å². The molecule has 0 spiro atoms. The fourth-order valence-electron chi connectivity index (χ4n) is 5.19. The van der Waals surface area contributed by atoms with Crippen LogP contribution in [0.1, 0.15) is 97.3 Å². The predicted molar refractivity (Wildman–Crippen MR) is 146 cm³/mol. The molecule has 2 rings (SSSR count). The second-order valence-corrected chi connectivity index (χ2v) is 11.2. The molecule has 10 heteroatoms. The molecule has 0 aromatic heterocycles. The van der Waals surface area contributed by atoms with E-state index in [1.165, 1.54) is 37.0 Å². The van der Waals surface area contributed by atoms with Gasteiger partial charge in [0.15, 0.2) is 12.1 Å². The number of Topliss-reactive ketones (excluding diaryl/α,β-unsaturated/α-hetero) is 1. The number of carbonyl (C=O) groups is 2. The van der Waals surface area contributed by atoms with E-state index in [9.17, 15) is 35.1 Å². The number of unbranched alkanes of at least 4 members (excludes halogenated alkanes) is 11. The Balaban J connectivity index is 1.41. The summed E-state index contributed by atoms with van der Waals surface area (Å²) in [5.74, 6) is -0.904. The second-order valence-electron chi connectivity index (χ2n) is 11.2. The molecule has 7 atom stereocenters. The number of ketones is 1. The lowest BCUT2D eigenvalue weighted by atomic mass is 9.95. The molecule has 0 aliphatic carbocycles. The minimum absolute atomic E-state index is 0.0288. The molecular weight excluding hydrogens is 506 g/mol. The van der Waals surface area contributed by atoms with E-state index >= 15 is 0 Å². The molecule has 0 bridgehead atoms. The fraction of sp³-hybridized carbons (Fsp3) is 0.862. The van der Waals surface area contributed by atoms with Crippen molar-refractivity contribution in [3.8, 4) is 0 Å². The van der Waals surface area contributed by atoms with Gasteiger partial charge in [0, 0.05) is 19.6 Å². The Morgan fingerprint density at radius 1 is 0.872 bits per heavy atom. The maximum absolute atomic E-state index is 12.3. The summed E-state index contributed by atoms with van der Waals surface area (Å²) in [5.41, 5.74) is -0.0288. The number of amides is 1. The van der Waals surface area contributed by atoms with E-state index in [1.807, 2.05) is 6.92 Å². The quantitative estimate of drug-likeness (QED) is 0.0740. The molecule has 2 saturated heterocycles. The number of hydrogen-bond acceptors (Lipinski definition) is 9. The Kier molecular flexibility index (Phi) is 14.9. The first kappa shape index (κ1) is 33.6. The van der Waals surface area contributed by atoms with Crippen molar-refractivity contribution in [3.63, 3.8) is 0 Å². The lowest BCUT2D eigenvalue weighted by Gasteiger charge is -2.39. The minimum Gasteiger partial charge on any atom is -0.511 e. The zero-order valence-corrected chi connectivity index (χ0v) is 24.0. The van der Waals surface area contributed by atoms with E-state index in [-0.39, 0.29) is 28.9 Å². The van der Waals surface area contributed by atoms with Crippen LogP contribution in [0.5, 0.6) is 0 Å². The average molecular weight is 558 g/mol. The fourth-order valence-corrected chi connectivity index (χ4v) is 5.19. The van der Waals surface area contributed by atoms with Crippen LogP contribution in [0.25, 0.3) is 0 Å². The van der Waals surface area contributed by atoms with Crippen LogP contribution in [0.15, 0.2) is 11.3 Å². The molecule has 0 aromatic carbocycles. The van der Waals surface area contributed by atoms with Crippen LogP contribution in [-0.4, -0.2) is 99.1 Å². The van der Waals surface area contributed by atoms with Gasteiger partial charge in [0.05, 0.1) is 12.6 Å². The van der Waals surface area contributed by atoms with Crippen molar-refractivity contribution in [2.75, 3.05) is 20.3 Å². The zero-order valence-electron chi connectivity index (χ0n) is 24.0. The number of hydrogen-bond donors (Lipinski definition) is 5. The van der Waals surface area contributed by atoms with Gasteiger partial charge < -0.3 is 39.9 Å². The van der Waals surface area contributed by atoms with Gasteiger partial charge in [-0.3, -0.25) is 9.59 Å². The van der Waals surface area contributed by atoms with Crippen LogP contribution in [-0.2, 0) is 19.1 Å². The van der Waals surface area contributed by atoms with Gasteiger partial charge in [0.25, 0.3) is 5.91 Å². The molecule has 5 N–H and O–H groups in total. The number of likely N-dealkylation sites (N-methyl/N-ethyl adjacent to an activating group) is 1. The molecule has 2 fully saturated rings. The first-order valence-electron chi connectivity index (χ1n) is 14.8. The van der Waals surface area contributed by atoms with E-state index in [1.54, 1.807) is 14.0 Å². The summed E-state index contributed by atoms with van der Waals surface area (Å²) in [6.07, 6.45) is 7.97. The molecule has 2 aliphatic heterocycles. The van der Waals surface area contributed by atoms with Crippen molar-refractivity contribution in [1.82, 2.24) is 4.90 Å². The van der Waals surface area contributed by atoms with E-state index in [0.717, 1.165) is 51.4 Å². The van der Waals surface area contributed by atoms with Crippen molar-refractivity contribution in [1.29, 1.82) is 0 Å². The highest BCUT2D eigenvalue weighted by molar-refractivity contribution is 6.26. The Morgan fingerprint density at radius 2 is 1.38 bits per heavy atom. The third kappa shape index (κ3) is 9.79. The molecule has 0 unspecified atom stereocenters. The molecule has 0 radical (unpaired) electrons. The summed E-state index contributed by atoms with van der Waals surface area (Å²) in [5, 5.41) is 49.2. The number of ether oxygens (including phenoxy) is 2. The molecular formula is C29H51NO9. The van der Waals surface area contributed by atoms with Crippen LogP contribution in [0, 0.1) is 5.92 Å². The zero-order chi connectivity index (χ0) is 28.9. The monoisotopic (exact) mass is 557 g/mol. The smallest absolute Gasteiger partial charge is 0.261 e. The van der Waals surface area contributed by atoms with E-state index in [0.29, 0.717) is 6.61 Å². The summed E-state index contributed by atoms with van der Waals surface area (Å²) < 4.78 is 10.8. The highest BCUT2D eigenvalue weighted by atomic mass is 16.7. The average Bonchev–Trinajstić information content (AvgIpc) is 3.12. The largest absolute Gasteiger partial charge is 0.511 e. The van der Waals surface area contributed by atoms with Crippen LogP contribution in [0.2, 0.25) is 0 Å². The van der Waals surface area contributed by atoms with Gasteiger partial charge in [-0.2, -0.15) is 0 Å². The van der Waals surface area contributed by atoms with Gasteiger partial charge in [-0.1, -0.05) is 77.6 Å². The lowest BCUT2D eigenvalue weighted by Crippen LogP contribution is -2.59. The second kappa shape index (κ2) is 17.3. The number of carbonyl (C=O) groups excluding carboxylic acids is 2. The Bertz CT molecular complexity index is 765. The van der Waals surface area contributed by atoms with Gasteiger partial charge in [-0.15, -0.1) is 0 Å². The summed E-state index contributed by atoms with van der Waals surface area (Å²) in [6.45, 7) is 3.48. The number of allylic oxidation sites excluding steroid dienone is 1. The highest BCUT2D eigenvalue weighted by Gasteiger charge is 2.44. The van der Waals surface area contributed by atoms with Crippen molar-refractivity contribution in [2.24, 2.45) is 5.92 Å². The third-order valence-electron chi connectivity index (χ3n) is 8.13. The maximum Gasteiger partial charge on any atom is 0.261 e. The van der Waals surface area contributed by atoms with Crippen LogP contribution >= 0.6 is 0 Å². The molecule has 0 saturated carbocycles. The van der Waals surface area contributed by atoms with Crippen molar-refractivity contribution >= 4 is 11.7 Å². The van der Waals surface area contributed by atoms with Gasteiger partial charge in [-0.05, 0) is 19.8 Å². The summed E-state index contributed by atoms with van der Waals surface area (Å²) in [4.78, 5) is 25.9. The Morgan fingerprint density at radius 3 is 1.87 bits per heavy atom. The normalized spacial score (nSPS) is 29.8. The standard InChI is InChI=1S/C29H51NO9/c1-19(23(32)22-24(33)20(2)30(3)28(22)37)16-14-12-10-8-6-4-5-7-9-11-13-15-17-38-29-27(36)26(35)25(34)21(18-31)39-29/h19-21,25-27,29,31-32,34-36H,4-18H2,1-3H3/b23-22+/t19-,20+,21+,25+,26-,27-,29+/m0/s1. The first-order valence-corrected chi connectivity index (χ1v) is 14.8.